The van der Waals surface area contributed by atoms with Gasteiger partial charge in [-0.3, -0.25) is 28.7 Å². The van der Waals surface area contributed by atoms with Crippen molar-refractivity contribution in [1.29, 1.82) is 0 Å². The van der Waals surface area contributed by atoms with Crippen LogP contribution in [0.2, 0.25) is 0 Å². The Morgan fingerprint density at radius 2 is 1.92 bits per heavy atom. The number of hydrogen-bond acceptors (Lipinski definition) is 6. The van der Waals surface area contributed by atoms with Crippen molar-refractivity contribution in [2.75, 3.05) is 18.5 Å². The first-order chi connectivity index (χ1) is 17.8. The number of nitrogens with one attached hydrogen (secondary N) is 3. The fourth-order valence-corrected chi connectivity index (χ4v) is 5.10. The molecule has 1 saturated carbocycles. The van der Waals surface area contributed by atoms with E-state index in [0.29, 0.717) is 19.4 Å². The lowest BCUT2D eigenvalue weighted by Crippen LogP contribution is -2.55. The Morgan fingerprint density at radius 3 is 2.55 bits per heavy atom. The molecule has 3 fully saturated rings. The van der Waals surface area contributed by atoms with Gasteiger partial charge in [0, 0.05) is 18.5 Å². The maximum atomic E-state index is 13.9. The summed E-state index contributed by atoms with van der Waals surface area (Å²) in [5.74, 6) is -6.08. The van der Waals surface area contributed by atoms with Gasteiger partial charge in [0.15, 0.2) is 5.78 Å². The molecule has 14 heteroatoms. The van der Waals surface area contributed by atoms with Gasteiger partial charge < -0.3 is 20.9 Å². The van der Waals surface area contributed by atoms with Gasteiger partial charge in [0.2, 0.25) is 11.8 Å². The van der Waals surface area contributed by atoms with Crippen LogP contribution in [0.1, 0.15) is 32.6 Å². The van der Waals surface area contributed by atoms with Gasteiger partial charge in [0.1, 0.15) is 18.5 Å². The molecular weight excluding hydrogens is 516 g/mol. The Balaban J connectivity index is 1.48. The molecule has 2 aliphatic heterocycles. The quantitative estimate of drug-likeness (QED) is 0.335. The number of amides is 4. The van der Waals surface area contributed by atoms with Crippen molar-refractivity contribution >= 4 is 35.1 Å². The van der Waals surface area contributed by atoms with Crippen LogP contribution in [0, 0.1) is 17.2 Å². The number of ketones is 1. The summed E-state index contributed by atoms with van der Waals surface area (Å²) in [7, 11) is 0. The summed E-state index contributed by atoms with van der Waals surface area (Å²) in [4.78, 5) is 64.6. The summed E-state index contributed by atoms with van der Waals surface area (Å²) in [6, 6.07) is 2.05. The minimum atomic E-state index is -5.08. The summed E-state index contributed by atoms with van der Waals surface area (Å²) >= 11 is 0. The van der Waals surface area contributed by atoms with E-state index in [1.807, 2.05) is 6.92 Å². The standard InChI is InChI=1S/C24H26F4N4O6/c1-23-9-16(32(18(23)10-23)22(37)21(36)30-14-5-3-2-4-13(14)25)20(35)31-15(8-12-6-7-29-19(12)34)17(33)11-38-24(26,27)28/h2-5,12,15-16,18H,6-11H2,1H3,(H,29,34)(H,30,36)(H,31,35)/t12?,15?,16-,18+,23-/m0/s1. The zero-order valence-electron chi connectivity index (χ0n) is 20.3. The number of fused-ring (bicyclic) bond motifs is 1. The van der Waals surface area contributed by atoms with Crippen LogP contribution in [0.4, 0.5) is 23.2 Å². The maximum Gasteiger partial charge on any atom is 0.522 e. The van der Waals surface area contributed by atoms with Crippen LogP contribution < -0.4 is 16.0 Å². The first kappa shape index (κ1) is 27.5. The summed E-state index contributed by atoms with van der Waals surface area (Å²) in [5.41, 5.74) is -0.699. The molecule has 1 aromatic rings. The van der Waals surface area contributed by atoms with Gasteiger partial charge in [0.05, 0.1) is 11.7 Å². The molecule has 3 N–H and O–H groups in total. The van der Waals surface area contributed by atoms with Crippen LogP contribution in [0.25, 0.3) is 0 Å². The van der Waals surface area contributed by atoms with Gasteiger partial charge >= 0.3 is 18.2 Å². The molecule has 0 aromatic heterocycles. The van der Waals surface area contributed by atoms with Crippen LogP contribution >= 0.6 is 0 Å². The maximum absolute atomic E-state index is 13.9. The first-order valence-electron chi connectivity index (χ1n) is 12.0. The number of halogens is 4. The smallest absolute Gasteiger partial charge is 0.356 e. The Bertz CT molecular complexity index is 1160. The van der Waals surface area contributed by atoms with E-state index in [0.717, 1.165) is 11.0 Å². The Kier molecular flexibility index (Phi) is 7.46. The molecule has 0 bridgehead atoms. The highest BCUT2D eigenvalue weighted by atomic mass is 19.4. The van der Waals surface area contributed by atoms with Crippen molar-refractivity contribution in [2.45, 2.75) is 57.1 Å². The molecule has 1 aromatic carbocycles. The van der Waals surface area contributed by atoms with E-state index in [1.54, 1.807) is 0 Å². The van der Waals surface area contributed by atoms with Crippen molar-refractivity contribution in [1.82, 2.24) is 15.5 Å². The van der Waals surface area contributed by atoms with Gasteiger partial charge in [-0.15, -0.1) is 13.2 Å². The lowest BCUT2D eigenvalue weighted by Gasteiger charge is -2.28. The second-order valence-corrected chi connectivity index (χ2v) is 10.0. The number of rotatable bonds is 8. The number of ether oxygens (including phenoxy) is 1. The molecule has 10 nitrogen and oxygen atoms in total. The van der Waals surface area contributed by atoms with Crippen LogP contribution in [0.15, 0.2) is 24.3 Å². The minimum absolute atomic E-state index is 0.145. The molecule has 2 saturated heterocycles. The number of carbonyl (C=O) groups is 5. The third kappa shape index (κ3) is 5.95. The van der Waals surface area contributed by atoms with Crippen molar-refractivity contribution < 1.29 is 46.3 Å². The molecule has 38 heavy (non-hydrogen) atoms. The minimum Gasteiger partial charge on any atom is -0.356 e. The SMILES string of the molecule is C[C@@]12C[C@@H](C(=O)NC(CC3CCNC3=O)C(=O)COC(F)(F)F)N(C(=O)C(=O)Nc3ccccc3F)[C@@H]1C2. The zero-order valence-corrected chi connectivity index (χ0v) is 20.3. The number of Topliss-reactive ketones (excluding diaryl/α,β-unsaturated/α-hetero) is 1. The lowest BCUT2D eigenvalue weighted by atomic mass is 9.95. The zero-order chi connectivity index (χ0) is 27.8. The van der Waals surface area contributed by atoms with Gasteiger partial charge in [-0.05, 0) is 43.2 Å². The van der Waals surface area contributed by atoms with E-state index in [2.05, 4.69) is 20.7 Å². The lowest BCUT2D eigenvalue weighted by molar-refractivity contribution is -0.321. The van der Waals surface area contributed by atoms with Crippen molar-refractivity contribution in [3.8, 4) is 0 Å². The van der Waals surface area contributed by atoms with Crippen LogP contribution in [0.3, 0.4) is 0 Å². The van der Waals surface area contributed by atoms with Crippen LogP contribution in [-0.2, 0) is 28.7 Å². The third-order valence-electron chi connectivity index (χ3n) is 7.25. The van der Waals surface area contributed by atoms with Crippen LogP contribution in [0.5, 0.6) is 0 Å². The number of benzene rings is 1. The van der Waals surface area contributed by atoms with E-state index in [9.17, 15) is 41.5 Å². The molecule has 4 amide bonds. The Morgan fingerprint density at radius 1 is 1.21 bits per heavy atom. The van der Waals surface area contributed by atoms with Gasteiger partial charge in [-0.1, -0.05) is 19.1 Å². The van der Waals surface area contributed by atoms with E-state index in [1.165, 1.54) is 18.2 Å². The molecule has 1 aliphatic carbocycles. The molecule has 2 heterocycles. The van der Waals surface area contributed by atoms with Crippen molar-refractivity contribution in [3.63, 3.8) is 0 Å². The first-order valence-corrected chi connectivity index (χ1v) is 12.0. The highest BCUT2D eigenvalue weighted by Gasteiger charge is 2.65. The fraction of sp³-hybridized carbons (Fsp3) is 0.542. The highest BCUT2D eigenvalue weighted by molar-refractivity contribution is 6.40. The molecule has 0 spiro atoms. The normalized spacial score (nSPS) is 26.8. The van der Waals surface area contributed by atoms with Gasteiger partial charge in [0.25, 0.3) is 0 Å². The van der Waals surface area contributed by atoms with Crippen molar-refractivity contribution in [3.05, 3.63) is 30.1 Å². The number of anilines is 1. The summed E-state index contributed by atoms with van der Waals surface area (Å²) in [5, 5.41) is 7.12. The fourth-order valence-electron chi connectivity index (χ4n) is 5.10. The van der Waals surface area contributed by atoms with E-state index >= 15 is 0 Å². The number of carbonyl (C=O) groups excluding carboxylic acids is 5. The predicted molar refractivity (Wildman–Crippen MR) is 121 cm³/mol. The van der Waals surface area contributed by atoms with Crippen LogP contribution in [-0.4, -0.2) is 72.0 Å². The number of alkyl halides is 3. The number of para-hydroxylation sites is 1. The number of nitrogens with zero attached hydrogens (tertiary/aromatic N) is 1. The Labute approximate surface area is 214 Å². The third-order valence-corrected chi connectivity index (χ3v) is 7.25. The average molecular weight is 542 g/mol. The van der Waals surface area contributed by atoms with E-state index in [-0.39, 0.29) is 18.5 Å². The number of likely N-dealkylation sites (tertiary alicyclic amines) is 1. The molecule has 206 valence electrons. The van der Waals surface area contributed by atoms with Gasteiger partial charge in [-0.25, -0.2) is 4.39 Å². The predicted octanol–water partition coefficient (Wildman–Crippen LogP) is 1.26. The molecular formula is C24H26F4N4O6. The summed E-state index contributed by atoms with van der Waals surface area (Å²) in [6.45, 7) is 0.754. The van der Waals surface area contributed by atoms with E-state index in [4.69, 9.17) is 0 Å². The highest BCUT2D eigenvalue weighted by Crippen LogP contribution is 2.59. The second kappa shape index (κ2) is 10.3. The molecule has 4 rings (SSSR count). The molecule has 2 unspecified atom stereocenters. The monoisotopic (exact) mass is 542 g/mol. The number of hydrogen-bond donors (Lipinski definition) is 3. The largest absolute Gasteiger partial charge is 0.522 e. The van der Waals surface area contributed by atoms with E-state index < -0.39 is 77.7 Å². The summed E-state index contributed by atoms with van der Waals surface area (Å²) in [6.07, 6.45) is -4.35. The average Bonchev–Trinajstić information content (AvgIpc) is 3.17. The molecule has 5 atom stereocenters. The topological polar surface area (TPSA) is 134 Å². The van der Waals surface area contributed by atoms with Crippen molar-refractivity contribution in [2.24, 2.45) is 11.3 Å². The second-order valence-electron chi connectivity index (χ2n) is 10.0. The molecule has 0 radical (unpaired) electrons. The van der Waals surface area contributed by atoms with Gasteiger partial charge in [-0.2, -0.15) is 0 Å². The number of piperidine rings is 1. The summed E-state index contributed by atoms with van der Waals surface area (Å²) < 4.78 is 55.1. The Hall–Kier alpha value is -3.55. The molecule has 3 aliphatic rings.